The van der Waals surface area contributed by atoms with Gasteiger partial charge in [-0.25, -0.2) is 0 Å². The van der Waals surface area contributed by atoms with Crippen LogP contribution < -0.4 is 5.73 Å². The lowest BCUT2D eigenvalue weighted by Gasteiger charge is -1.95. The number of hydrogen-bond donors (Lipinski definition) is 1. The van der Waals surface area contributed by atoms with Gasteiger partial charge in [-0.05, 0) is 12.1 Å². The first-order chi connectivity index (χ1) is 6.36. The molecule has 0 radical (unpaired) electrons. The number of nitrogens with two attached hydrogens (primary N) is 1. The lowest BCUT2D eigenvalue weighted by Crippen LogP contribution is -1.93. The SMILES string of the molecule is Nc1cnoc1Cc1ccccn1. The lowest BCUT2D eigenvalue weighted by atomic mass is 10.2. The number of hydrogen-bond acceptors (Lipinski definition) is 4. The van der Waals surface area contributed by atoms with Crippen LogP contribution in [0.4, 0.5) is 5.69 Å². The summed E-state index contributed by atoms with van der Waals surface area (Å²) < 4.78 is 4.95. The molecule has 0 fully saturated rings. The third-order valence-corrected chi connectivity index (χ3v) is 1.74. The number of pyridine rings is 1. The third-order valence-electron chi connectivity index (χ3n) is 1.74. The highest BCUT2D eigenvalue weighted by Gasteiger charge is 2.05. The van der Waals surface area contributed by atoms with Crippen LogP contribution in [0.3, 0.4) is 0 Å². The first-order valence-electron chi connectivity index (χ1n) is 3.95. The van der Waals surface area contributed by atoms with Crippen molar-refractivity contribution in [2.24, 2.45) is 0 Å². The Kier molecular flexibility index (Phi) is 1.96. The minimum Gasteiger partial charge on any atom is -0.395 e. The molecule has 0 bridgehead atoms. The van der Waals surface area contributed by atoms with Gasteiger partial charge in [0.15, 0.2) is 5.76 Å². The molecule has 0 aliphatic heterocycles. The van der Waals surface area contributed by atoms with Gasteiger partial charge in [0.05, 0.1) is 18.3 Å². The predicted molar refractivity (Wildman–Crippen MR) is 48.0 cm³/mol. The Morgan fingerprint density at radius 1 is 1.38 bits per heavy atom. The van der Waals surface area contributed by atoms with E-state index >= 15 is 0 Å². The maximum Gasteiger partial charge on any atom is 0.165 e. The first kappa shape index (κ1) is 7.79. The van der Waals surface area contributed by atoms with Crippen LogP contribution in [0.1, 0.15) is 11.5 Å². The molecule has 0 atom stereocenters. The lowest BCUT2D eigenvalue weighted by molar-refractivity contribution is 0.389. The van der Waals surface area contributed by atoms with Crippen LogP contribution in [0.2, 0.25) is 0 Å². The van der Waals surface area contributed by atoms with Crippen molar-refractivity contribution in [3.63, 3.8) is 0 Å². The Labute approximate surface area is 75.4 Å². The normalized spacial score (nSPS) is 10.2. The second kappa shape index (κ2) is 3.26. The van der Waals surface area contributed by atoms with Crippen molar-refractivity contribution in [1.29, 1.82) is 0 Å². The molecule has 0 aliphatic rings. The Morgan fingerprint density at radius 2 is 2.31 bits per heavy atom. The molecule has 0 aliphatic carbocycles. The van der Waals surface area contributed by atoms with Gasteiger partial charge in [-0.15, -0.1) is 0 Å². The number of aromatic nitrogens is 2. The van der Waals surface area contributed by atoms with E-state index < -0.39 is 0 Å². The van der Waals surface area contributed by atoms with Gasteiger partial charge < -0.3 is 10.3 Å². The maximum atomic E-state index is 5.60. The van der Waals surface area contributed by atoms with E-state index in [2.05, 4.69) is 10.1 Å². The van der Waals surface area contributed by atoms with E-state index in [9.17, 15) is 0 Å². The molecule has 0 aromatic carbocycles. The van der Waals surface area contributed by atoms with E-state index in [0.29, 0.717) is 17.9 Å². The zero-order chi connectivity index (χ0) is 9.10. The second-order valence-corrected chi connectivity index (χ2v) is 2.70. The summed E-state index contributed by atoms with van der Waals surface area (Å²) in [6, 6.07) is 5.71. The number of anilines is 1. The van der Waals surface area contributed by atoms with Gasteiger partial charge in [0.2, 0.25) is 0 Å². The molecule has 2 rings (SSSR count). The minimum atomic E-state index is 0.575. The summed E-state index contributed by atoms with van der Waals surface area (Å²) in [5, 5.41) is 3.59. The summed E-state index contributed by atoms with van der Waals surface area (Å²) in [7, 11) is 0. The first-order valence-corrected chi connectivity index (χ1v) is 3.95. The van der Waals surface area contributed by atoms with E-state index in [1.54, 1.807) is 6.20 Å². The zero-order valence-electron chi connectivity index (χ0n) is 6.97. The van der Waals surface area contributed by atoms with Crippen molar-refractivity contribution >= 4 is 5.69 Å². The van der Waals surface area contributed by atoms with Crippen LogP contribution >= 0.6 is 0 Å². The molecule has 66 valence electrons. The molecule has 0 saturated heterocycles. The summed E-state index contributed by atoms with van der Waals surface area (Å²) in [5.74, 6) is 0.665. The fourth-order valence-electron chi connectivity index (χ4n) is 1.07. The van der Waals surface area contributed by atoms with Crippen molar-refractivity contribution in [3.8, 4) is 0 Å². The summed E-state index contributed by atoms with van der Waals surface area (Å²) in [4.78, 5) is 4.15. The summed E-state index contributed by atoms with van der Waals surface area (Å²) >= 11 is 0. The summed E-state index contributed by atoms with van der Waals surface area (Å²) in [5.41, 5.74) is 7.10. The van der Waals surface area contributed by atoms with Crippen LogP contribution in [0, 0.1) is 0 Å². The van der Waals surface area contributed by atoms with E-state index in [-0.39, 0.29) is 0 Å². The molecule has 4 heteroatoms. The van der Waals surface area contributed by atoms with Gasteiger partial charge in [-0.1, -0.05) is 11.2 Å². The molecule has 2 aromatic heterocycles. The molecular weight excluding hydrogens is 166 g/mol. The third kappa shape index (κ3) is 1.66. The summed E-state index contributed by atoms with van der Waals surface area (Å²) in [6.45, 7) is 0. The molecule has 0 unspecified atom stereocenters. The Hall–Kier alpha value is -1.84. The molecule has 0 saturated carbocycles. The van der Waals surface area contributed by atoms with Crippen LogP contribution in [0.5, 0.6) is 0 Å². The topological polar surface area (TPSA) is 64.9 Å². The molecule has 4 nitrogen and oxygen atoms in total. The van der Waals surface area contributed by atoms with E-state index in [0.717, 1.165) is 5.69 Å². The van der Waals surface area contributed by atoms with Crippen molar-refractivity contribution in [2.75, 3.05) is 5.73 Å². The quantitative estimate of drug-likeness (QED) is 0.745. The number of nitrogens with zero attached hydrogens (tertiary/aromatic N) is 2. The smallest absolute Gasteiger partial charge is 0.165 e. The van der Waals surface area contributed by atoms with Gasteiger partial charge in [-0.3, -0.25) is 4.98 Å². The molecule has 0 spiro atoms. The van der Waals surface area contributed by atoms with Crippen LogP contribution in [-0.4, -0.2) is 10.1 Å². The van der Waals surface area contributed by atoms with Gasteiger partial charge in [0, 0.05) is 11.9 Å². The number of nitrogen functional groups attached to an aromatic ring is 1. The van der Waals surface area contributed by atoms with E-state index in [1.807, 2.05) is 18.2 Å². The maximum absolute atomic E-state index is 5.60. The van der Waals surface area contributed by atoms with Crippen molar-refractivity contribution < 1.29 is 4.52 Å². The van der Waals surface area contributed by atoms with Gasteiger partial charge in [0.1, 0.15) is 0 Å². The fraction of sp³-hybridized carbons (Fsp3) is 0.111. The van der Waals surface area contributed by atoms with Crippen molar-refractivity contribution in [1.82, 2.24) is 10.1 Å². The van der Waals surface area contributed by atoms with Crippen LogP contribution in [0.15, 0.2) is 35.1 Å². The highest BCUT2D eigenvalue weighted by molar-refractivity contribution is 5.39. The minimum absolute atomic E-state index is 0.575. The van der Waals surface area contributed by atoms with Crippen LogP contribution in [-0.2, 0) is 6.42 Å². The Balaban J connectivity index is 2.20. The molecule has 2 heterocycles. The van der Waals surface area contributed by atoms with Gasteiger partial charge in [-0.2, -0.15) is 0 Å². The van der Waals surface area contributed by atoms with E-state index in [1.165, 1.54) is 6.20 Å². The Morgan fingerprint density at radius 3 is 2.92 bits per heavy atom. The fourth-order valence-corrected chi connectivity index (χ4v) is 1.07. The highest BCUT2D eigenvalue weighted by Crippen LogP contribution is 2.13. The summed E-state index contributed by atoms with van der Waals surface area (Å²) in [6.07, 6.45) is 3.83. The van der Waals surface area contributed by atoms with Crippen molar-refractivity contribution in [3.05, 3.63) is 42.0 Å². The van der Waals surface area contributed by atoms with Crippen molar-refractivity contribution in [2.45, 2.75) is 6.42 Å². The van der Waals surface area contributed by atoms with Crippen LogP contribution in [0.25, 0.3) is 0 Å². The standard InChI is InChI=1S/C9H9N3O/c10-8-6-12-13-9(8)5-7-3-1-2-4-11-7/h1-4,6H,5,10H2. The molecule has 0 amide bonds. The van der Waals surface area contributed by atoms with Gasteiger partial charge in [0.25, 0.3) is 0 Å². The molecular formula is C9H9N3O. The van der Waals surface area contributed by atoms with Gasteiger partial charge >= 0.3 is 0 Å². The average molecular weight is 175 g/mol. The monoisotopic (exact) mass is 175 g/mol. The zero-order valence-corrected chi connectivity index (χ0v) is 6.97. The predicted octanol–water partition coefficient (Wildman–Crippen LogP) is 1.24. The highest BCUT2D eigenvalue weighted by atomic mass is 16.5. The number of rotatable bonds is 2. The molecule has 2 N–H and O–H groups in total. The molecule has 2 aromatic rings. The average Bonchev–Trinajstić information content (AvgIpc) is 2.54. The van der Waals surface area contributed by atoms with E-state index in [4.69, 9.17) is 10.3 Å². The molecule has 13 heavy (non-hydrogen) atoms. The second-order valence-electron chi connectivity index (χ2n) is 2.70. The Bertz CT molecular complexity index is 383. The largest absolute Gasteiger partial charge is 0.395 e.